The highest BCUT2D eigenvalue weighted by Gasteiger charge is 2.38. The number of esters is 1. The molecule has 2 fully saturated rings. The average molecular weight is 318 g/mol. The summed E-state index contributed by atoms with van der Waals surface area (Å²) in [6.07, 6.45) is 12.6. The maximum Gasteiger partial charge on any atom is 0.309 e. The number of allylic oxidation sites excluding steroid dienone is 2. The number of carbonyl (C=O) groups excluding carboxylic acids is 1. The van der Waals surface area contributed by atoms with Gasteiger partial charge < -0.3 is 15.4 Å². The minimum atomic E-state index is -0.0180. The fraction of sp³-hybridized carbons (Fsp3) is 0.737. The van der Waals surface area contributed by atoms with Gasteiger partial charge in [0.25, 0.3) is 0 Å². The van der Waals surface area contributed by atoms with Gasteiger partial charge in [0, 0.05) is 13.1 Å². The Hall–Kier alpha value is -1.13. The van der Waals surface area contributed by atoms with Crippen LogP contribution in [0.4, 0.5) is 0 Å². The molecule has 5 atom stereocenters. The van der Waals surface area contributed by atoms with Crippen molar-refractivity contribution in [3.63, 3.8) is 0 Å². The third-order valence-electron chi connectivity index (χ3n) is 5.67. The molecule has 4 heteroatoms. The number of ether oxygens (including phenoxy) is 1. The molecule has 4 nitrogen and oxygen atoms in total. The number of hydrogen-bond donors (Lipinski definition) is 2. The Morgan fingerprint density at radius 1 is 1.09 bits per heavy atom. The normalized spacial score (nSPS) is 37.5. The second-order valence-electron chi connectivity index (χ2n) is 7.10. The van der Waals surface area contributed by atoms with E-state index < -0.39 is 0 Å². The molecular formula is C19H30N2O2. The molecule has 0 bridgehead atoms. The van der Waals surface area contributed by atoms with Crippen molar-refractivity contribution in [1.29, 1.82) is 0 Å². The molecule has 2 aliphatic heterocycles. The first-order valence-electron chi connectivity index (χ1n) is 9.21. The lowest BCUT2D eigenvalue weighted by atomic mass is 9.78. The molecule has 2 N–H and O–H groups in total. The van der Waals surface area contributed by atoms with E-state index >= 15 is 0 Å². The van der Waals surface area contributed by atoms with Crippen LogP contribution < -0.4 is 10.6 Å². The van der Waals surface area contributed by atoms with E-state index in [-0.39, 0.29) is 11.9 Å². The highest BCUT2D eigenvalue weighted by molar-refractivity contribution is 5.73. The fourth-order valence-electron chi connectivity index (χ4n) is 4.34. The van der Waals surface area contributed by atoms with Crippen molar-refractivity contribution in [3.05, 3.63) is 24.3 Å². The maximum absolute atomic E-state index is 11.7. The summed E-state index contributed by atoms with van der Waals surface area (Å²) in [4.78, 5) is 11.7. The summed E-state index contributed by atoms with van der Waals surface area (Å²) < 4.78 is 5.09. The Morgan fingerprint density at radius 2 is 1.87 bits per heavy atom. The summed E-state index contributed by atoms with van der Waals surface area (Å²) >= 11 is 0. The molecule has 0 aromatic rings. The first-order chi connectivity index (χ1) is 11.3. The van der Waals surface area contributed by atoms with E-state index in [9.17, 15) is 4.79 Å². The predicted octanol–water partition coefficient (Wildman–Crippen LogP) is 2.13. The van der Waals surface area contributed by atoms with Crippen LogP contribution in [0, 0.1) is 29.6 Å². The highest BCUT2D eigenvalue weighted by Crippen LogP contribution is 2.33. The molecule has 2 aliphatic carbocycles. The average Bonchev–Trinajstić information content (AvgIpc) is 3.24. The van der Waals surface area contributed by atoms with Crippen LogP contribution in [0.25, 0.3) is 0 Å². The molecule has 2 heterocycles. The van der Waals surface area contributed by atoms with Gasteiger partial charge in [-0.3, -0.25) is 4.79 Å². The van der Waals surface area contributed by atoms with Crippen molar-refractivity contribution >= 4 is 5.97 Å². The van der Waals surface area contributed by atoms with Gasteiger partial charge in [-0.05, 0) is 62.9 Å². The smallest absolute Gasteiger partial charge is 0.309 e. The molecule has 0 spiro atoms. The van der Waals surface area contributed by atoms with Crippen molar-refractivity contribution in [3.8, 4) is 0 Å². The zero-order valence-corrected chi connectivity index (χ0v) is 14.2. The van der Waals surface area contributed by atoms with Gasteiger partial charge in [-0.2, -0.15) is 0 Å². The van der Waals surface area contributed by atoms with Crippen LogP contribution in [-0.2, 0) is 9.53 Å². The third-order valence-corrected chi connectivity index (χ3v) is 5.67. The predicted molar refractivity (Wildman–Crippen MR) is 92.0 cm³/mol. The van der Waals surface area contributed by atoms with Crippen LogP contribution in [0.1, 0.15) is 26.2 Å². The minimum Gasteiger partial charge on any atom is -0.466 e. The van der Waals surface area contributed by atoms with Crippen LogP contribution in [0.15, 0.2) is 24.3 Å². The highest BCUT2D eigenvalue weighted by atomic mass is 16.5. The van der Waals surface area contributed by atoms with Gasteiger partial charge in [0.05, 0.1) is 12.5 Å². The van der Waals surface area contributed by atoms with Crippen LogP contribution in [0.5, 0.6) is 0 Å². The van der Waals surface area contributed by atoms with E-state index in [4.69, 9.17) is 4.74 Å². The summed E-state index contributed by atoms with van der Waals surface area (Å²) in [6.45, 7) is 6.80. The second-order valence-corrected chi connectivity index (χ2v) is 7.10. The standard InChI is InChI=1S/C11H17NO2.C8H13N/c1-2-14-11(13)9-5-3-4-8-6-12-7-10(8)9;1-2-4-8-6-9-5-7(8)3-1/h3-4,8-10,12H,2,5-7H2,1H3;1,3,7-9H,2,4-6H2. The lowest BCUT2D eigenvalue weighted by molar-refractivity contribution is -0.150. The van der Waals surface area contributed by atoms with E-state index in [0.717, 1.165) is 31.3 Å². The van der Waals surface area contributed by atoms with E-state index in [1.54, 1.807) is 0 Å². The molecule has 0 aromatic heterocycles. The lowest BCUT2D eigenvalue weighted by Gasteiger charge is -2.27. The number of rotatable bonds is 2. The summed E-state index contributed by atoms with van der Waals surface area (Å²) in [6, 6.07) is 0. The van der Waals surface area contributed by atoms with Crippen molar-refractivity contribution in [2.75, 3.05) is 32.8 Å². The zero-order chi connectivity index (χ0) is 16.1. The Bertz CT molecular complexity index is 460. The first-order valence-corrected chi connectivity index (χ1v) is 9.21. The topological polar surface area (TPSA) is 50.4 Å². The first kappa shape index (κ1) is 16.7. The summed E-state index contributed by atoms with van der Waals surface area (Å²) in [5, 5.41) is 6.75. The molecule has 4 aliphatic rings. The van der Waals surface area contributed by atoms with Crippen LogP contribution >= 0.6 is 0 Å². The number of carbonyl (C=O) groups is 1. The van der Waals surface area contributed by atoms with E-state index in [1.165, 1.54) is 25.9 Å². The van der Waals surface area contributed by atoms with Crippen LogP contribution in [-0.4, -0.2) is 38.8 Å². The number of fused-ring (bicyclic) bond motifs is 2. The van der Waals surface area contributed by atoms with Crippen molar-refractivity contribution in [2.24, 2.45) is 29.6 Å². The Kier molecular flexibility index (Phi) is 5.90. The molecule has 5 unspecified atom stereocenters. The van der Waals surface area contributed by atoms with Crippen LogP contribution in [0.2, 0.25) is 0 Å². The number of nitrogens with one attached hydrogen (secondary N) is 2. The van der Waals surface area contributed by atoms with Crippen LogP contribution in [0.3, 0.4) is 0 Å². The summed E-state index contributed by atoms with van der Waals surface area (Å²) in [5.41, 5.74) is 0. The maximum atomic E-state index is 11.7. The lowest BCUT2D eigenvalue weighted by Crippen LogP contribution is -2.32. The largest absolute Gasteiger partial charge is 0.466 e. The zero-order valence-electron chi connectivity index (χ0n) is 14.2. The summed E-state index contributed by atoms with van der Waals surface area (Å²) in [5.74, 6) is 2.90. The molecule has 0 aromatic carbocycles. The molecule has 0 amide bonds. The molecule has 128 valence electrons. The van der Waals surface area contributed by atoms with Gasteiger partial charge >= 0.3 is 5.97 Å². The van der Waals surface area contributed by atoms with E-state index in [1.807, 2.05) is 6.92 Å². The van der Waals surface area contributed by atoms with E-state index in [2.05, 4.69) is 34.9 Å². The molecule has 0 saturated carbocycles. The van der Waals surface area contributed by atoms with Crippen molar-refractivity contribution in [2.45, 2.75) is 26.2 Å². The summed E-state index contributed by atoms with van der Waals surface area (Å²) in [7, 11) is 0. The molecule has 2 saturated heterocycles. The van der Waals surface area contributed by atoms with Gasteiger partial charge in [0.2, 0.25) is 0 Å². The molecule has 23 heavy (non-hydrogen) atoms. The van der Waals surface area contributed by atoms with Crippen molar-refractivity contribution in [1.82, 2.24) is 10.6 Å². The second kappa shape index (κ2) is 8.11. The Labute approximate surface area is 139 Å². The Morgan fingerprint density at radius 3 is 2.70 bits per heavy atom. The van der Waals surface area contributed by atoms with Gasteiger partial charge in [0.15, 0.2) is 0 Å². The van der Waals surface area contributed by atoms with Gasteiger partial charge in [0.1, 0.15) is 0 Å². The van der Waals surface area contributed by atoms with Crippen molar-refractivity contribution < 1.29 is 9.53 Å². The van der Waals surface area contributed by atoms with Gasteiger partial charge in [-0.1, -0.05) is 24.3 Å². The molecule has 4 rings (SSSR count). The monoisotopic (exact) mass is 318 g/mol. The van der Waals surface area contributed by atoms with E-state index in [0.29, 0.717) is 18.4 Å². The number of hydrogen-bond acceptors (Lipinski definition) is 4. The molecule has 0 radical (unpaired) electrons. The van der Waals surface area contributed by atoms with Gasteiger partial charge in [-0.25, -0.2) is 0 Å². The minimum absolute atomic E-state index is 0.0180. The Balaban J connectivity index is 0.000000149. The SMILES string of the molecule is C1=CC2CNCC2CC1.CCOC(=O)C1CC=CC2CNCC21. The molecular weight excluding hydrogens is 288 g/mol. The van der Waals surface area contributed by atoms with Gasteiger partial charge in [-0.15, -0.1) is 0 Å². The fourth-order valence-corrected chi connectivity index (χ4v) is 4.34. The quantitative estimate of drug-likeness (QED) is 0.605. The third kappa shape index (κ3) is 4.04.